The third-order valence-corrected chi connectivity index (χ3v) is 3.03. The van der Waals surface area contributed by atoms with E-state index in [1.165, 1.54) is 30.5 Å². The summed E-state index contributed by atoms with van der Waals surface area (Å²) < 4.78 is 5.01. The lowest BCUT2D eigenvalue weighted by Crippen LogP contribution is -2.27. The van der Waals surface area contributed by atoms with Crippen molar-refractivity contribution in [3.63, 3.8) is 0 Å². The standard InChI is InChI=1S/C14H9Cl2NO4/c15-8-3-4-10(11(16)6-8)13(18)17-12(14(19)20)7-9-2-1-5-21-9/h1-7H,(H,17,18)(H,19,20). The summed E-state index contributed by atoms with van der Waals surface area (Å²) in [7, 11) is 0. The summed E-state index contributed by atoms with van der Waals surface area (Å²) in [4.78, 5) is 23.2. The molecule has 2 rings (SSSR count). The highest BCUT2D eigenvalue weighted by molar-refractivity contribution is 6.36. The van der Waals surface area contributed by atoms with E-state index in [0.717, 1.165) is 0 Å². The van der Waals surface area contributed by atoms with Gasteiger partial charge in [-0.3, -0.25) is 4.79 Å². The molecule has 0 aliphatic heterocycles. The first kappa shape index (κ1) is 15.2. The molecule has 0 saturated carbocycles. The fourth-order valence-corrected chi connectivity index (χ4v) is 2.02. The van der Waals surface area contributed by atoms with Crippen LogP contribution < -0.4 is 5.32 Å². The quantitative estimate of drug-likeness (QED) is 0.844. The Balaban J connectivity index is 2.25. The topological polar surface area (TPSA) is 79.5 Å². The van der Waals surface area contributed by atoms with E-state index in [2.05, 4.69) is 5.32 Å². The number of amides is 1. The Labute approximate surface area is 129 Å². The van der Waals surface area contributed by atoms with E-state index in [1.54, 1.807) is 12.1 Å². The molecule has 0 unspecified atom stereocenters. The Morgan fingerprint density at radius 2 is 2.00 bits per heavy atom. The third-order valence-electron chi connectivity index (χ3n) is 2.48. The molecule has 1 amide bonds. The number of halogens is 2. The molecule has 0 bridgehead atoms. The number of hydrogen-bond acceptors (Lipinski definition) is 3. The van der Waals surface area contributed by atoms with Crippen LogP contribution >= 0.6 is 23.2 Å². The lowest BCUT2D eigenvalue weighted by atomic mass is 10.2. The average Bonchev–Trinajstić information content (AvgIpc) is 2.90. The molecular weight excluding hydrogens is 317 g/mol. The summed E-state index contributed by atoms with van der Waals surface area (Å²) in [5.74, 6) is -1.66. The molecular formula is C14H9Cl2NO4. The summed E-state index contributed by atoms with van der Waals surface area (Å²) in [6.07, 6.45) is 2.59. The Kier molecular flexibility index (Phi) is 4.67. The zero-order valence-corrected chi connectivity index (χ0v) is 12.0. The van der Waals surface area contributed by atoms with E-state index in [1.807, 2.05) is 0 Å². The van der Waals surface area contributed by atoms with Gasteiger partial charge < -0.3 is 14.8 Å². The largest absolute Gasteiger partial charge is 0.477 e. The van der Waals surface area contributed by atoms with Gasteiger partial charge in [0.15, 0.2) is 0 Å². The second kappa shape index (κ2) is 6.47. The normalized spacial score (nSPS) is 11.2. The molecule has 0 aliphatic rings. The lowest BCUT2D eigenvalue weighted by molar-refractivity contribution is -0.132. The molecule has 0 spiro atoms. The minimum Gasteiger partial charge on any atom is -0.477 e. The van der Waals surface area contributed by atoms with E-state index >= 15 is 0 Å². The number of benzene rings is 1. The summed E-state index contributed by atoms with van der Waals surface area (Å²) in [6, 6.07) is 7.45. The minimum atomic E-state index is -1.30. The van der Waals surface area contributed by atoms with Gasteiger partial charge in [0.25, 0.3) is 5.91 Å². The Morgan fingerprint density at radius 1 is 1.24 bits per heavy atom. The van der Waals surface area contributed by atoms with Gasteiger partial charge in [-0.1, -0.05) is 23.2 Å². The van der Waals surface area contributed by atoms with E-state index < -0.39 is 11.9 Å². The van der Waals surface area contributed by atoms with Crippen LogP contribution in [-0.2, 0) is 4.79 Å². The van der Waals surface area contributed by atoms with Crippen molar-refractivity contribution >= 4 is 41.2 Å². The minimum absolute atomic E-state index is 0.118. The number of furan rings is 1. The van der Waals surface area contributed by atoms with Crippen molar-refractivity contribution in [2.45, 2.75) is 0 Å². The molecule has 0 saturated heterocycles. The molecule has 2 N–H and O–H groups in total. The van der Waals surface area contributed by atoms with Crippen molar-refractivity contribution in [2.75, 3.05) is 0 Å². The molecule has 0 radical (unpaired) electrons. The van der Waals surface area contributed by atoms with Gasteiger partial charge in [0, 0.05) is 11.1 Å². The van der Waals surface area contributed by atoms with Crippen molar-refractivity contribution in [2.24, 2.45) is 0 Å². The predicted octanol–water partition coefficient (Wildman–Crippen LogP) is 3.44. The highest BCUT2D eigenvalue weighted by Crippen LogP contribution is 2.21. The van der Waals surface area contributed by atoms with Crippen molar-refractivity contribution in [3.05, 3.63) is 63.7 Å². The molecule has 0 fully saturated rings. The Bertz CT molecular complexity index is 708. The van der Waals surface area contributed by atoms with Gasteiger partial charge in [0.1, 0.15) is 11.5 Å². The maximum atomic E-state index is 12.0. The lowest BCUT2D eigenvalue weighted by Gasteiger charge is -2.07. The van der Waals surface area contributed by atoms with E-state index in [4.69, 9.17) is 32.7 Å². The van der Waals surface area contributed by atoms with Crippen LogP contribution in [0.4, 0.5) is 0 Å². The van der Waals surface area contributed by atoms with Crippen molar-refractivity contribution in [1.29, 1.82) is 0 Å². The predicted molar refractivity (Wildman–Crippen MR) is 78.2 cm³/mol. The van der Waals surface area contributed by atoms with Crippen molar-refractivity contribution in [3.8, 4) is 0 Å². The second-order valence-electron chi connectivity index (χ2n) is 3.96. The highest BCUT2D eigenvalue weighted by Gasteiger charge is 2.16. The zero-order valence-electron chi connectivity index (χ0n) is 10.5. The van der Waals surface area contributed by atoms with E-state index in [-0.39, 0.29) is 16.3 Å². The fraction of sp³-hybridized carbons (Fsp3) is 0. The first-order valence-corrected chi connectivity index (χ1v) is 6.48. The molecule has 1 aromatic carbocycles. The maximum Gasteiger partial charge on any atom is 0.352 e. The second-order valence-corrected chi connectivity index (χ2v) is 4.80. The molecule has 5 nitrogen and oxygen atoms in total. The number of carboxylic acid groups (broad SMARTS) is 1. The molecule has 2 aromatic rings. The average molecular weight is 326 g/mol. The summed E-state index contributed by atoms with van der Waals surface area (Å²) in [5.41, 5.74) is -0.214. The number of carboxylic acids is 1. The zero-order chi connectivity index (χ0) is 15.4. The summed E-state index contributed by atoms with van der Waals surface area (Å²) in [5, 5.41) is 11.9. The van der Waals surface area contributed by atoms with Gasteiger partial charge in [-0.25, -0.2) is 4.79 Å². The van der Waals surface area contributed by atoms with Crippen LogP contribution in [-0.4, -0.2) is 17.0 Å². The van der Waals surface area contributed by atoms with Crippen LogP contribution in [0.2, 0.25) is 10.0 Å². The molecule has 1 heterocycles. The van der Waals surface area contributed by atoms with Crippen LogP contribution in [0, 0.1) is 0 Å². The molecule has 7 heteroatoms. The molecule has 1 aromatic heterocycles. The van der Waals surface area contributed by atoms with E-state index in [9.17, 15) is 9.59 Å². The van der Waals surface area contributed by atoms with Crippen LogP contribution in [0.3, 0.4) is 0 Å². The smallest absolute Gasteiger partial charge is 0.352 e. The van der Waals surface area contributed by atoms with Gasteiger partial charge in [0.2, 0.25) is 0 Å². The van der Waals surface area contributed by atoms with Gasteiger partial charge in [0.05, 0.1) is 16.8 Å². The first-order chi connectivity index (χ1) is 9.97. The van der Waals surface area contributed by atoms with Crippen molar-refractivity contribution in [1.82, 2.24) is 5.32 Å². The van der Waals surface area contributed by atoms with Crippen LogP contribution in [0.15, 0.2) is 46.7 Å². The van der Waals surface area contributed by atoms with Crippen LogP contribution in [0.5, 0.6) is 0 Å². The number of nitrogens with one attached hydrogen (secondary N) is 1. The van der Waals surface area contributed by atoms with Gasteiger partial charge in [-0.15, -0.1) is 0 Å². The number of hydrogen-bond donors (Lipinski definition) is 2. The third kappa shape index (κ3) is 3.87. The Hall–Kier alpha value is -2.24. The summed E-state index contributed by atoms with van der Waals surface area (Å²) in [6.45, 7) is 0. The number of carbonyl (C=O) groups is 2. The molecule has 0 aliphatic carbocycles. The fourth-order valence-electron chi connectivity index (χ4n) is 1.53. The molecule has 21 heavy (non-hydrogen) atoms. The Morgan fingerprint density at radius 3 is 2.57 bits per heavy atom. The highest BCUT2D eigenvalue weighted by atomic mass is 35.5. The van der Waals surface area contributed by atoms with Gasteiger partial charge in [-0.05, 0) is 30.3 Å². The molecule has 108 valence electrons. The monoisotopic (exact) mass is 325 g/mol. The number of carbonyl (C=O) groups excluding carboxylic acids is 1. The van der Waals surface area contributed by atoms with Gasteiger partial charge >= 0.3 is 5.97 Å². The van der Waals surface area contributed by atoms with Crippen LogP contribution in [0.25, 0.3) is 6.08 Å². The number of rotatable bonds is 4. The van der Waals surface area contributed by atoms with E-state index in [0.29, 0.717) is 10.8 Å². The SMILES string of the molecule is O=C(O)C(=Cc1ccco1)NC(=O)c1ccc(Cl)cc1Cl. The first-order valence-electron chi connectivity index (χ1n) is 5.72. The maximum absolute atomic E-state index is 12.0. The molecule has 0 atom stereocenters. The number of aliphatic carboxylic acids is 1. The van der Waals surface area contributed by atoms with Crippen LogP contribution in [0.1, 0.15) is 16.1 Å². The van der Waals surface area contributed by atoms with Gasteiger partial charge in [-0.2, -0.15) is 0 Å². The van der Waals surface area contributed by atoms with Crippen molar-refractivity contribution < 1.29 is 19.1 Å². The summed E-state index contributed by atoms with van der Waals surface area (Å²) >= 11 is 11.6.